The fraction of sp³-hybridized carbons (Fsp3) is 0.292. The van der Waals surface area contributed by atoms with Crippen molar-refractivity contribution >= 4 is 16.8 Å². The van der Waals surface area contributed by atoms with Crippen LogP contribution in [0.1, 0.15) is 12.5 Å². The Labute approximate surface area is 210 Å². The molecule has 38 heavy (non-hydrogen) atoms. The van der Waals surface area contributed by atoms with Crippen molar-refractivity contribution in [2.45, 2.75) is 31.9 Å². The second-order valence-corrected chi connectivity index (χ2v) is 8.19. The number of halogens is 6. The lowest BCUT2D eigenvalue weighted by atomic mass is 10.1. The zero-order valence-corrected chi connectivity index (χ0v) is 19.6. The number of carbonyl (C=O) groups excluding carboxylic acids is 1. The van der Waals surface area contributed by atoms with Crippen molar-refractivity contribution in [3.63, 3.8) is 0 Å². The van der Waals surface area contributed by atoms with Gasteiger partial charge in [-0.05, 0) is 37.3 Å². The Morgan fingerprint density at radius 2 is 1.92 bits per heavy atom. The van der Waals surface area contributed by atoms with Gasteiger partial charge in [0.2, 0.25) is 11.7 Å². The fourth-order valence-electron chi connectivity index (χ4n) is 3.66. The van der Waals surface area contributed by atoms with E-state index in [2.05, 4.69) is 20.2 Å². The van der Waals surface area contributed by atoms with E-state index in [4.69, 9.17) is 9.63 Å². The minimum atomic E-state index is -5.02. The summed E-state index contributed by atoms with van der Waals surface area (Å²) in [7, 11) is 0. The van der Waals surface area contributed by atoms with Gasteiger partial charge < -0.3 is 24.3 Å². The lowest BCUT2D eigenvalue weighted by Crippen LogP contribution is -2.31. The van der Waals surface area contributed by atoms with Crippen molar-refractivity contribution in [2.75, 3.05) is 13.2 Å². The van der Waals surface area contributed by atoms with E-state index in [1.54, 1.807) is 35.0 Å². The van der Waals surface area contributed by atoms with Crippen LogP contribution in [-0.4, -0.2) is 51.2 Å². The van der Waals surface area contributed by atoms with E-state index in [1.807, 2.05) is 0 Å². The van der Waals surface area contributed by atoms with E-state index in [-0.39, 0.29) is 42.9 Å². The first kappa shape index (κ1) is 27.0. The molecule has 0 spiro atoms. The molecule has 202 valence electrons. The van der Waals surface area contributed by atoms with E-state index in [0.717, 1.165) is 12.1 Å². The average molecular weight is 542 g/mol. The zero-order chi connectivity index (χ0) is 27.7. The smallest absolute Gasteiger partial charge is 0.425 e. The van der Waals surface area contributed by atoms with Crippen LogP contribution in [0.5, 0.6) is 5.75 Å². The third-order valence-corrected chi connectivity index (χ3v) is 5.53. The lowest BCUT2D eigenvalue weighted by Gasteiger charge is -2.20. The maximum absolute atomic E-state index is 13.6. The Morgan fingerprint density at radius 3 is 2.61 bits per heavy atom. The number of hydrogen-bond acceptors (Lipinski definition) is 6. The second kappa shape index (κ2) is 10.4. The molecule has 0 unspecified atom stereocenters. The average Bonchev–Trinajstić information content (AvgIpc) is 3.49. The highest BCUT2D eigenvalue weighted by atomic mass is 19.4. The molecule has 0 aliphatic carbocycles. The van der Waals surface area contributed by atoms with E-state index < -0.39 is 29.8 Å². The van der Waals surface area contributed by atoms with Gasteiger partial charge in [0.25, 0.3) is 5.89 Å². The van der Waals surface area contributed by atoms with Crippen molar-refractivity contribution < 1.29 is 45.5 Å². The van der Waals surface area contributed by atoms with Gasteiger partial charge in [0.1, 0.15) is 12.3 Å². The Balaban J connectivity index is 1.65. The number of carbonyl (C=O) groups is 1. The maximum atomic E-state index is 13.6. The van der Waals surface area contributed by atoms with Gasteiger partial charge in [-0.1, -0.05) is 17.3 Å². The fourth-order valence-corrected chi connectivity index (χ4v) is 3.66. The Bertz CT molecular complexity index is 1440. The van der Waals surface area contributed by atoms with Gasteiger partial charge in [-0.2, -0.15) is 31.3 Å². The van der Waals surface area contributed by atoms with Gasteiger partial charge >= 0.3 is 12.4 Å². The van der Waals surface area contributed by atoms with Crippen LogP contribution in [0.3, 0.4) is 0 Å². The summed E-state index contributed by atoms with van der Waals surface area (Å²) in [6.45, 7) is 0.495. The first-order valence-electron chi connectivity index (χ1n) is 11.1. The minimum absolute atomic E-state index is 0.0218. The maximum Gasteiger partial charge on any atom is 0.425 e. The van der Waals surface area contributed by atoms with Crippen molar-refractivity contribution in [1.82, 2.24) is 20.0 Å². The molecule has 0 fully saturated rings. The first-order chi connectivity index (χ1) is 17.9. The highest BCUT2D eigenvalue weighted by Gasteiger charge is 2.41. The van der Waals surface area contributed by atoms with Gasteiger partial charge in [-0.15, -0.1) is 0 Å². The van der Waals surface area contributed by atoms with Crippen LogP contribution in [0.25, 0.3) is 33.7 Å². The van der Waals surface area contributed by atoms with Crippen molar-refractivity contribution in [3.05, 3.63) is 54.2 Å². The molecule has 0 radical (unpaired) electrons. The third kappa shape index (κ3) is 5.74. The number of amides is 1. The van der Waals surface area contributed by atoms with Crippen molar-refractivity contribution in [1.29, 1.82) is 0 Å². The predicted molar refractivity (Wildman–Crippen MR) is 122 cm³/mol. The quantitative estimate of drug-likeness (QED) is 0.310. The molecule has 4 rings (SSSR count). The summed E-state index contributed by atoms with van der Waals surface area (Å²) in [5, 5.41) is 15.9. The summed E-state index contributed by atoms with van der Waals surface area (Å²) < 4.78 is 90.7. The second-order valence-electron chi connectivity index (χ2n) is 8.19. The molecular weight excluding hydrogens is 522 g/mol. The highest BCUT2D eigenvalue weighted by molar-refractivity contribution is 5.94. The molecule has 8 nitrogen and oxygen atoms in total. The number of nitrogens with zero attached hydrogens (tertiary/aromatic N) is 3. The number of ether oxygens (including phenoxy) is 1. The highest BCUT2D eigenvalue weighted by Crippen LogP contribution is 2.40. The number of hydrogen-bond donors (Lipinski definition) is 2. The van der Waals surface area contributed by atoms with Gasteiger partial charge in [0, 0.05) is 34.8 Å². The standard InChI is InChI=1S/C24H20F6N4O4/c1-13(23(25,26)27)37-19-6-5-14(11-17(19)24(28,29)30)22-32-21(33-38-22)16-3-2-4-18-15(16)7-9-34(18)12-20(36)31-8-10-35/h2-7,9,11,13,35H,8,10,12H2,1H3,(H,31,36)/t13-/m0/s1. The van der Waals surface area contributed by atoms with Crippen LogP contribution in [-0.2, 0) is 17.5 Å². The number of aliphatic hydroxyl groups is 1. The number of alkyl halides is 6. The van der Waals surface area contributed by atoms with Crippen molar-refractivity contribution in [3.8, 4) is 28.6 Å². The number of aromatic nitrogens is 3. The Hall–Kier alpha value is -4.07. The summed E-state index contributed by atoms with van der Waals surface area (Å²) >= 11 is 0. The minimum Gasteiger partial charge on any atom is -0.481 e. The molecule has 2 heterocycles. The number of nitrogens with one attached hydrogen (secondary N) is 1. The molecule has 14 heteroatoms. The molecule has 0 saturated carbocycles. The SMILES string of the molecule is C[C@H](Oc1ccc(-c2nc(-c3cccc4c3ccn4CC(=O)NCCO)no2)cc1C(F)(F)F)C(F)(F)F. The number of rotatable bonds is 8. The molecule has 0 saturated heterocycles. The normalized spacial score (nSPS) is 13.1. The Morgan fingerprint density at radius 1 is 1.16 bits per heavy atom. The van der Waals surface area contributed by atoms with Gasteiger partial charge in [-0.3, -0.25) is 4.79 Å². The zero-order valence-electron chi connectivity index (χ0n) is 19.6. The predicted octanol–water partition coefficient (Wildman–Crippen LogP) is 4.82. The molecule has 0 aliphatic rings. The van der Waals surface area contributed by atoms with E-state index in [9.17, 15) is 31.1 Å². The molecule has 2 aromatic carbocycles. The van der Waals surface area contributed by atoms with Crippen LogP contribution in [0.4, 0.5) is 26.3 Å². The van der Waals surface area contributed by atoms with Crippen LogP contribution in [0, 0.1) is 0 Å². The summed E-state index contributed by atoms with van der Waals surface area (Å²) in [5.74, 6) is -1.55. The summed E-state index contributed by atoms with van der Waals surface area (Å²) in [6.07, 6.45) is -10.7. The monoisotopic (exact) mass is 542 g/mol. The van der Waals surface area contributed by atoms with Gasteiger partial charge in [0.05, 0.1) is 12.2 Å². The van der Waals surface area contributed by atoms with E-state index >= 15 is 0 Å². The lowest BCUT2D eigenvalue weighted by molar-refractivity contribution is -0.191. The number of benzene rings is 2. The van der Waals surface area contributed by atoms with Gasteiger partial charge in [0.15, 0.2) is 6.10 Å². The number of aliphatic hydroxyl groups excluding tert-OH is 1. The summed E-state index contributed by atoms with van der Waals surface area (Å²) in [5.41, 5.74) is -0.479. The van der Waals surface area contributed by atoms with Gasteiger partial charge in [-0.25, -0.2) is 0 Å². The van der Waals surface area contributed by atoms with Crippen LogP contribution in [0.15, 0.2) is 53.2 Å². The molecule has 0 bridgehead atoms. The van der Waals surface area contributed by atoms with E-state index in [0.29, 0.717) is 29.5 Å². The van der Waals surface area contributed by atoms with Crippen LogP contribution in [0.2, 0.25) is 0 Å². The molecule has 1 amide bonds. The van der Waals surface area contributed by atoms with Crippen LogP contribution >= 0.6 is 0 Å². The van der Waals surface area contributed by atoms with Crippen molar-refractivity contribution in [2.24, 2.45) is 0 Å². The Kier molecular flexibility index (Phi) is 7.35. The number of fused-ring (bicyclic) bond motifs is 1. The topological polar surface area (TPSA) is 102 Å². The molecule has 2 N–H and O–H groups in total. The largest absolute Gasteiger partial charge is 0.481 e. The molecule has 0 aliphatic heterocycles. The molecular formula is C24H20F6N4O4. The molecule has 4 aromatic rings. The third-order valence-electron chi connectivity index (χ3n) is 5.53. The van der Waals surface area contributed by atoms with E-state index in [1.165, 1.54) is 0 Å². The summed E-state index contributed by atoms with van der Waals surface area (Å²) in [4.78, 5) is 16.2. The first-order valence-corrected chi connectivity index (χ1v) is 11.1. The molecule has 1 atom stereocenters. The van der Waals surface area contributed by atoms with Crippen LogP contribution < -0.4 is 10.1 Å². The summed E-state index contributed by atoms with van der Waals surface area (Å²) in [6, 6.07) is 9.22. The molecule has 2 aromatic heterocycles.